The van der Waals surface area contributed by atoms with Crippen LogP contribution < -0.4 is 10.6 Å². The van der Waals surface area contributed by atoms with E-state index >= 15 is 0 Å². The number of aromatic nitrogens is 1. The fourth-order valence-corrected chi connectivity index (χ4v) is 3.03. The average Bonchev–Trinajstić information content (AvgIpc) is 2.42. The number of nitrogens with two attached hydrogens (primary N) is 1. The SMILES string of the molecule is Nc1nc(N2CCOC3CCCCC32)c(F)cc1F. The van der Waals surface area contributed by atoms with Gasteiger partial charge in [0.05, 0.1) is 18.8 Å². The summed E-state index contributed by atoms with van der Waals surface area (Å²) < 4.78 is 32.9. The van der Waals surface area contributed by atoms with Gasteiger partial charge in [-0.1, -0.05) is 12.8 Å². The maximum atomic E-state index is 13.9. The summed E-state index contributed by atoms with van der Waals surface area (Å²) in [6.07, 6.45) is 4.29. The number of nitrogen functional groups attached to an aromatic ring is 1. The lowest BCUT2D eigenvalue weighted by Gasteiger charge is -2.44. The molecule has 2 atom stereocenters. The minimum Gasteiger partial charge on any atom is -0.381 e. The minimum absolute atomic E-state index is 0.120. The van der Waals surface area contributed by atoms with Crippen molar-refractivity contribution in [3.05, 3.63) is 17.7 Å². The average molecular weight is 269 g/mol. The van der Waals surface area contributed by atoms with Crippen molar-refractivity contribution in [1.82, 2.24) is 4.98 Å². The van der Waals surface area contributed by atoms with Crippen molar-refractivity contribution in [3.8, 4) is 0 Å². The quantitative estimate of drug-likeness (QED) is 0.848. The van der Waals surface area contributed by atoms with Gasteiger partial charge in [-0.05, 0) is 12.8 Å². The molecule has 0 spiro atoms. The van der Waals surface area contributed by atoms with E-state index in [9.17, 15) is 8.78 Å². The van der Waals surface area contributed by atoms with E-state index in [1.54, 1.807) is 0 Å². The van der Waals surface area contributed by atoms with Gasteiger partial charge in [0.15, 0.2) is 23.3 Å². The Balaban J connectivity index is 1.93. The highest BCUT2D eigenvalue weighted by Crippen LogP contribution is 2.32. The number of rotatable bonds is 1. The summed E-state index contributed by atoms with van der Waals surface area (Å²) in [5.74, 6) is -1.57. The number of ether oxygens (including phenoxy) is 1. The number of pyridine rings is 1. The number of anilines is 2. The van der Waals surface area contributed by atoms with Gasteiger partial charge in [0, 0.05) is 12.6 Å². The van der Waals surface area contributed by atoms with Crippen LogP contribution in [0.15, 0.2) is 6.07 Å². The molecule has 1 aliphatic heterocycles. The fraction of sp³-hybridized carbons (Fsp3) is 0.615. The Hall–Kier alpha value is -1.43. The van der Waals surface area contributed by atoms with E-state index in [0.717, 1.165) is 31.7 Å². The summed E-state index contributed by atoms with van der Waals surface area (Å²) in [6.45, 7) is 1.11. The van der Waals surface area contributed by atoms with Gasteiger partial charge in [-0.25, -0.2) is 13.8 Å². The van der Waals surface area contributed by atoms with Crippen LogP contribution in [-0.2, 0) is 4.74 Å². The second-order valence-electron chi connectivity index (χ2n) is 5.12. The van der Waals surface area contributed by atoms with Gasteiger partial charge in [-0.15, -0.1) is 0 Å². The van der Waals surface area contributed by atoms with Crippen LogP contribution in [0, 0.1) is 11.6 Å². The normalized spacial score (nSPS) is 27.2. The standard InChI is InChI=1S/C13H17F2N3O/c14-8-7-9(15)13(17-12(8)16)18-5-6-19-11-4-2-1-3-10(11)18/h7,10-11H,1-6H2,(H2,16,17). The molecule has 0 radical (unpaired) electrons. The molecule has 2 unspecified atom stereocenters. The largest absolute Gasteiger partial charge is 0.381 e. The summed E-state index contributed by atoms with van der Waals surface area (Å²) in [6, 6.07) is 0.930. The van der Waals surface area contributed by atoms with Crippen molar-refractivity contribution in [3.63, 3.8) is 0 Å². The predicted molar refractivity (Wildman–Crippen MR) is 67.9 cm³/mol. The first-order valence-electron chi connectivity index (χ1n) is 6.66. The van der Waals surface area contributed by atoms with Crippen LogP contribution >= 0.6 is 0 Å². The maximum absolute atomic E-state index is 13.9. The molecular weight excluding hydrogens is 252 g/mol. The Morgan fingerprint density at radius 2 is 2.05 bits per heavy atom. The molecule has 1 aliphatic carbocycles. The molecule has 4 nitrogen and oxygen atoms in total. The summed E-state index contributed by atoms with van der Waals surface area (Å²) in [4.78, 5) is 5.77. The van der Waals surface area contributed by atoms with Gasteiger partial charge in [0.1, 0.15) is 0 Å². The molecule has 104 valence electrons. The summed E-state index contributed by atoms with van der Waals surface area (Å²) >= 11 is 0. The van der Waals surface area contributed by atoms with Gasteiger partial charge in [0.25, 0.3) is 0 Å². The molecule has 19 heavy (non-hydrogen) atoms. The first-order valence-corrected chi connectivity index (χ1v) is 6.66. The number of halogens is 2. The summed E-state index contributed by atoms with van der Waals surface area (Å²) in [5, 5.41) is 0. The van der Waals surface area contributed by atoms with Gasteiger partial charge < -0.3 is 15.4 Å². The Kier molecular flexibility index (Phi) is 3.26. The molecule has 3 rings (SSSR count). The van der Waals surface area contributed by atoms with Gasteiger partial charge in [0.2, 0.25) is 0 Å². The van der Waals surface area contributed by atoms with Crippen molar-refractivity contribution >= 4 is 11.6 Å². The number of fused-ring (bicyclic) bond motifs is 1. The zero-order valence-electron chi connectivity index (χ0n) is 10.6. The number of morpholine rings is 1. The molecule has 0 aromatic carbocycles. The van der Waals surface area contributed by atoms with E-state index in [2.05, 4.69) is 4.98 Å². The predicted octanol–water partition coefficient (Wildman–Crippen LogP) is 2.09. The van der Waals surface area contributed by atoms with E-state index in [1.165, 1.54) is 0 Å². The van der Waals surface area contributed by atoms with Crippen LogP contribution in [0.1, 0.15) is 25.7 Å². The van der Waals surface area contributed by atoms with Gasteiger partial charge in [-0.3, -0.25) is 0 Å². The Labute approximate surface area is 110 Å². The van der Waals surface area contributed by atoms with Crippen LogP contribution in [-0.4, -0.2) is 30.3 Å². The minimum atomic E-state index is -0.810. The second kappa shape index (κ2) is 4.92. The first kappa shape index (κ1) is 12.6. The molecule has 1 aromatic heterocycles. The molecule has 2 fully saturated rings. The molecule has 1 saturated heterocycles. The van der Waals surface area contributed by atoms with Gasteiger partial charge >= 0.3 is 0 Å². The van der Waals surface area contributed by atoms with Crippen molar-refractivity contribution in [1.29, 1.82) is 0 Å². The zero-order chi connectivity index (χ0) is 13.4. The molecule has 1 aromatic rings. The zero-order valence-corrected chi connectivity index (χ0v) is 10.6. The smallest absolute Gasteiger partial charge is 0.168 e. The second-order valence-corrected chi connectivity index (χ2v) is 5.12. The monoisotopic (exact) mass is 269 g/mol. The molecule has 2 aliphatic rings. The van der Waals surface area contributed by atoms with Crippen LogP contribution in [0.25, 0.3) is 0 Å². The van der Waals surface area contributed by atoms with E-state index in [4.69, 9.17) is 10.5 Å². The van der Waals surface area contributed by atoms with Crippen LogP contribution in [0.3, 0.4) is 0 Å². The third-order valence-corrected chi connectivity index (χ3v) is 3.94. The van der Waals surface area contributed by atoms with Crippen molar-refractivity contribution in [2.24, 2.45) is 0 Å². The lowest BCUT2D eigenvalue weighted by molar-refractivity contribution is -0.00923. The maximum Gasteiger partial charge on any atom is 0.168 e. The number of hydrogen-bond acceptors (Lipinski definition) is 4. The third-order valence-electron chi connectivity index (χ3n) is 3.94. The Morgan fingerprint density at radius 3 is 2.89 bits per heavy atom. The number of nitrogens with zero attached hydrogens (tertiary/aromatic N) is 2. The molecule has 2 heterocycles. The molecule has 6 heteroatoms. The van der Waals surface area contributed by atoms with Crippen molar-refractivity contribution in [2.45, 2.75) is 37.8 Å². The van der Waals surface area contributed by atoms with Crippen LogP contribution in [0.4, 0.5) is 20.4 Å². The number of hydrogen-bond donors (Lipinski definition) is 1. The van der Waals surface area contributed by atoms with Crippen LogP contribution in [0.2, 0.25) is 0 Å². The lowest BCUT2D eigenvalue weighted by Crippen LogP contribution is -2.53. The van der Waals surface area contributed by atoms with Crippen LogP contribution in [0.5, 0.6) is 0 Å². The molecule has 0 amide bonds. The van der Waals surface area contributed by atoms with E-state index in [-0.39, 0.29) is 23.8 Å². The molecule has 1 saturated carbocycles. The highest BCUT2D eigenvalue weighted by atomic mass is 19.1. The highest BCUT2D eigenvalue weighted by molar-refractivity contribution is 5.48. The fourth-order valence-electron chi connectivity index (χ4n) is 3.03. The molecule has 0 bridgehead atoms. The van der Waals surface area contributed by atoms with Gasteiger partial charge in [-0.2, -0.15) is 0 Å². The van der Waals surface area contributed by atoms with Crippen molar-refractivity contribution in [2.75, 3.05) is 23.8 Å². The third kappa shape index (κ3) is 2.25. The molecule has 2 N–H and O–H groups in total. The molecular formula is C13H17F2N3O. The topological polar surface area (TPSA) is 51.4 Å². The Morgan fingerprint density at radius 1 is 1.26 bits per heavy atom. The summed E-state index contributed by atoms with van der Waals surface area (Å²) in [7, 11) is 0. The highest BCUT2D eigenvalue weighted by Gasteiger charge is 2.36. The van der Waals surface area contributed by atoms with Crippen molar-refractivity contribution < 1.29 is 13.5 Å². The van der Waals surface area contributed by atoms with E-state index < -0.39 is 11.6 Å². The Bertz CT molecular complexity index is 481. The summed E-state index contributed by atoms with van der Waals surface area (Å²) in [5.41, 5.74) is 5.45. The first-order chi connectivity index (χ1) is 9.16. The lowest BCUT2D eigenvalue weighted by atomic mass is 9.90. The van der Waals surface area contributed by atoms with E-state index in [1.807, 2.05) is 4.90 Å². The van der Waals surface area contributed by atoms with E-state index in [0.29, 0.717) is 13.2 Å².